The molecule has 0 spiro atoms. The number of ether oxygens (including phenoxy) is 2. The van der Waals surface area contributed by atoms with Crippen molar-refractivity contribution in [3.05, 3.63) is 95.2 Å². The first-order chi connectivity index (χ1) is 25.2. The maximum absolute atomic E-state index is 13.6. The van der Waals surface area contributed by atoms with E-state index in [1.54, 1.807) is 0 Å². The molecule has 0 fully saturated rings. The van der Waals surface area contributed by atoms with Crippen LogP contribution < -0.4 is 15.1 Å². The van der Waals surface area contributed by atoms with E-state index in [1.165, 1.54) is 12.7 Å². The Morgan fingerprint density at radius 2 is 1.67 bits per heavy atom. The largest absolute Gasteiger partial charge is 0.467 e. The number of alkyl halides is 2. The molecule has 0 aliphatic carbocycles. The third-order valence-electron chi connectivity index (χ3n) is 9.81. The fraction of sp³-hybridized carbons (Fsp3) is 0.385. The molecule has 13 heteroatoms. The molecule has 2 aliphatic rings. The second-order valence-electron chi connectivity index (χ2n) is 12.9. The zero-order chi connectivity index (χ0) is 36.8. The lowest BCUT2D eigenvalue weighted by molar-refractivity contribution is -0.146. The normalized spacial score (nSPS) is 15.4. The van der Waals surface area contributed by atoms with Crippen molar-refractivity contribution >= 4 is 69.2 Å². The molecule has 6 rings (SSSR count). The molecule has 1 N–H and O–H groups in total. The molecular formula is C39H43Cl2N5O6. The van der Waals surface area contributed by atoms with Crippen molar-refractivity contribution in [3.63, 3.8) is 0 Å². The minimum atomic E-state index is -0.925. The number of rotatable bonds is 15. The van der Waals surface area contributed by atoms with Crippen molar-refractivity contribution in [2.75, 3.05) is 62.0 Å². The number of hydrogen-bond acceptors (Lipinski definition) is 8. The molecule has 2 amide bonds. The molecule has 2 aliphatic heterocycles. The first-order valence-corrected chi connectivity index (χ1v) is 18.5. The van der Waals surface area contributed by atoms with E-state index in [4.69, 9.17) is 32.7 Å². The number of amides is 2. The summed E-state index contributed by atoms with van der Waals surface area (Å²) in [5.74, 6) is -0.638. The number of carbonyl (C=O) groups is 4. The van der Waals surface area contributed by atoms with Crippen molar-refractivity contribution in [2.45, 2.75) is 44.4 Å². The number of methoxy groups -OCH3 is 1. The average molecular weight is 749 g/mol. The van der Waals surface area contributed by atoms with Crippen molar-refractivity contribution in [3.8, 4) is 0 Å². The summed E-state index contributed by atoms with van der Waals surface area (Å²) in [6.45, 7) is 2.36. The van der Waals surface area contributed by atoms with Gasteiger partial charge in [-0.2, -0.15) is 0 Å². The number of esters is 2. The van der Waals surface area contributed by atoms with Crippen molar-refractivity contribution < 1.29 is 28.7 Å². The van der Waals surface area contributed by atoms with Gasteiger partial charge in [-0.1, -0.05) is 42.5 Å². The monoisotopic (exact) mass is 747 g/mol. The topological polar surface area (TPSA) is 113 Å². The van der Waals surface area contributed by atoms with Crippen molar-refractivity contribution in [2.24, 2.45) is 0 Å². The maximum atomic E-state index is 13.6. The molecule has 52 heavy (non-hydrogen) atoms. The Labute approximate surface area is 313 Å². The van der Waals surface area contributed by atoms with E-state index < -0.39 is 23.9 Å². The van der Waals surface area contributed by atoms with Gasteiger partial charge in [0.2, 0.25) is 5.91 Å². The molecule has 3 heterocycles. The summed E-state index contributed by atoms with van der Waals surface area (Å²) < 4.78 is 12.7. The molecule has 11 nitrogen and oxygen atoms in total. The molecule has 0 saturated carbocycles. The lowest BCUT2D eigenvalue weighted by Gasteiger charge is -2.46. The van der Waals surface area contributed by atoms with Gasteiger partial charge in [-0.3, -0.25) is 14.4 Å². The molecule has 3 aromatic carbocycles. The predicted octanol–water partition coefficient (Wildman–Crippen LogP) is 5.30. The average Bonchev–Trinajstić information content (AvgIpc) is 3.49. The van der Waals surface area contributed by atoms with Gasteiger partial charge in [0.05, 0.1) is 37.0 Å². The van der Waals surface area contributed by atoms with Gasteiger partial charge in [-0.25, -0.2) is 4.79 Å². The van der Waals surface area contributed by atoms with Crippen molar-refractivity contribution in [1.29, 1.82) is 0 Å². The number of aromatic nitrogens is 1. The highest BCUT2D eigenvalue weighted by Gasteiger charge is 2.42. The van der Waals surface area contributed by atoms with Crippen LogP contribution in [-0.4, -0.2) is 91.4 Å². The first-order valence-electron chi connectivity index (χ1n) is 17.5. The second-order valence-corrected chi connectivity index (χ2v) is 13.6. The highest BCUT2D eigenvalue weighted by atomic mass is 35.5. The summed E-state index contributed by atoms with van der Waals surface area (Å²) in [6.07, 6.45) is 0.326. The predicted molar refractivity (Wildman–Crippen MR) is 202 cm³/mol. The van der Waals surface area contributed by atoms with Crippen LogP contribution in [0.15, 0.2) is 72.8 Å². The molecular weight excluding hydrogens is 705 g/mol. The molecule has 2 atom stereocenters. The Morgan fingerprint density at radius 1 is 0.962 bits per heavy atom. The van der Waals surface area contributed by atoms with Gasteiger partial charge < -0.3 is 34.1 Å². The zero-order valence-corrected chi connectivity index (χ0v) is 30.9. The third-order valence-corrected chi connectivity index (χ3v) is 10.1. The number of benzene rings is 3. The van der Waals surface area contributed by atoms with Crippen LogP contribution in [0.1, 0.15) is 46.2 Å². The summed E-state index contributed by atoms with van der Waals surface area (Å²) in [5.41, 5.74) is 6.56. The second kappa shape index (κ2) is 16.7. The minimum absolute atomic E-state index is 0.00532. The number of nitrogens with one attached hydrogen (secondary N) is 1. The Hall–Kier alpha value is -4.74. The van der Waals surface area contributed by atoms with Gasteiger partial charge in [0.15, 0.2) is 0 Å². The SMILES string of the molecule is COC(=O)[C@H](Cc1ccc(N(CCCl)CCCl)cc1)NC(=O)CCC(=O)OCCn1c2c(c3ccccc31)CCN1C(=O)c3ccccc3N(C)C21. The number of halogens is 2. The standard InChI is InChI=1S/C39H43Cl2N5O6/c1-43-32-9-5-4-8-30(32)38(49)46-20-17-29-28-7-3-6-10-33(28)45(36(29)37(43)46)23-24-52-35(48)16-15-34(47)42-31(39(50)51-2)25-26-11-13-27(14-12-26)44(21-18-40)22-19-41/h3-14,31,37H,15-25H2,1-2H3,(H,42,47)/t31-,37?/m0/s1. The van der Waals surface area contributed by atoms with Crippen LogP contribution in [0.4, 0.5) is 11.4 Å². The number of nitrogens with zero attached hydrogens (tertiary/aromatic N) is 4. The van der Waals surface area contributed by atoms with E-state index in [-0.39, 0.29) is 37.9 Å². The lowest BCUT2D eigenvalue weighted by Crippen LogP contribution is -2.51. The fourth-order valence-electron chi connectivity index (χ4n) is 7.34. The highest BCUT2D eigenvalue weighted by molar-refractivity contribution is 6.18. The fourth-order valence-corrected chi connectivity index (χ4v) is 7.75. The molecule has 1 unspecified atom stereocenters. The Bertz CT molecular complexity index is 1930. The van der Waals surface area contributed by atoms with Crippen LogP contribution in [0.3, 0.4) is 0 Å². The van der Waals surface area contributed by atoms with E-state index in [0.29, 0.717) is 43.5 Å². The van der Waals surface area contributed by atoms with E-state index >= 15 is 0 Å². The van der Waals surface area contributed by atoms with Gasteiger partial charge in [0.1, 0.15) is 18.8 Å². The smallest absolute Gasteiger partial charge is 0.328 e. The van der Waals surface area contributed by atoms with E-state index in [9.17, 15) is 19.2 Å². The Balaban J connectivity index is 1.07. The van der Waals surface area contributed by atoms with Gasteiger partial charge in [0.25, 0.3) is 5.91 Å². The Kier molecular flexibility index (Phi) is 11.9. The summed E-state index contributed by atoms with van der Waals surface area (Å²) in [6, 6.07) is 22.5. The van der Waals surface area contributed by atoms with E-state index in [2.05, 4.69) is 25.8 Å². The molecule has 1 aromatic heterocycles. The van der Waals surface area contributed by atoms with Crippen molar-refractivity contribution in [1.82, 2.24) is 14.8 Å². The van der Waals surface area contributed by atoms with Gasteiger partial charge in [-0.05, 0) is 47.9 Å². The molecule has 274 valence electrons. The van der Waals surface area contributed by atoms with E-state index in [1.807, 2.05) is 78.7 Å². The number of hydrogen-bond donors (Lipinski definition) is 1. The summed E-state index contributed by atoms with van der Waals surface area (Å²) in [5, 5.41) is 3.84. The maximum Gasteiger partial charge on any atom is 0.328 e. The zero-order valence-electron chi connectivity index (χ0n) is 29.4. The number of fused-ring (bicyclic) bond motifs is 6. The number of para-hydroxylation sites is 2. The minimum Gasteiger partial charge on any atom is -0.467 e. The summed E-state index contributed by atoms with van der Waals surface area (Å²) >= 11 is 11.9. The number of anilines is 2. The molecule has 0 radical (unpaired) electrons. The van der Waals surface area contributed by atoms with Crippen LogP contribution in [0, 0.1) is 0 Å². The summed E-state index contributed by atoms with van der Waals surface area (Å²) in [4.78, 5) is 58.1. The van der Waals surface area contributed by atoms with Crippen LogP contribution >= 0.6 is 23.2 Å². The van der Waals surface area contributed by atoms with Crippen LogP contribution in [0.2, 0.25) is 0 Å². The highest BCUT2D eigenvalue weighted by Crippen LogP contribution is 2.44. The summed E-state index contributed by atoms with van der Waals surface area (Å²) in [7, 11) is 3.27. The lowest BCUT2D eigenvalue weighted by atomic mass is 9.96. The quantitative estimate of drug-likeness (QED) is 0.129. The number of carbonyl (C=O) groups excluding carboxylic acids is 4. The van der Waals surface area contributed by atoms with Gasteiger partial charge in [0, 0.05) is 67.9 Å². The molecule has 0 saturated heterocycles. The molecule has 0 bridgehead atoms. The van der Waals surface area contributed by atoms with E-state index in [0.717, 1.165) is 40.0 Å². The van der Waals surface area contributed by atoms with Gasteiger partial charge in [-0.15, -0.1) is 23.2 Å². The van der Waals surface area contributed by atoms with Crippen LogP contribution in [-0.2, 0) is 43.2 Å². The van der Waals surface area contributed by atoms with Crippen LogP contribution in [0.5, 0.6) is 0 Å². The third kappa shape index (κ3) is 7.71. The Morgan fingerprint density at radius 3 is 2.40 bits per heavy atom. The molecule has 4 aromatic rings. The van der Waals surface area contributed by atoms with Gasteiger partial charge >= 0.3 is 11.9 Å². The van der Waals surface area contributed by atoms with Crippen LogP contribution in [0.25, 0.3) is 10.9 Å². The first kappa shape index (κ1) is 37.0.